The van der Waals surface area contributed by atoms with Crippen LogP contribution in [0.1, 0.15) is 49.8 Å². The number of carbonyl (C=O) groups is 2. The van der Waals surface area contributed by atoms with Crippen LogP contribution in [-0.4, -0.2) is 30.4 Å². The Hall–Kier alpha value is -3.23. The number of piperidine rings is 1. The van der Waals surface area contributed by atoms with Gasteiger partial charge >= 0.3 is 6.18 Å². The molecule has 2 N–H and O–H groups in total. The minimum atomic E-state index is -4.49. The van der Waals surface area contributed by atoms with E-state index in [9.17, 15) is 22.8 Å². The monoisotopic (exact) mass is 463 g/mol. The minimum Gasteiger partial charge on any atom is -0.496 e. The van der Waals surface area contributed by atoms with E-state index in [4.69, 9.17) is 4.74 Å². The molecule has 33 heavy (non-hydrogen) atoms. The van der Waals surface area contributed by atoms with Crippen molar-refractivity contribution in [1.82, 2.24) is 10.3 Å². The summed E-state index contributed by atoms with van der Waals surface area (Å²) < 4.78 is 44.5. The van der Waals surface area contributed by atoms with Gasteiger partial charge in [0.25, 0.3) is 0 Å². The van der Waals surface area contributed by atoms with E-state index in [2.05, 4.69) is 10.9 Å². The topological polar surface area (TPSA) is 70.7 Å². The van der Waals surface area contributed by atoms with Crippen LogP contribution in [-0.2, 0) is 15.8 Å². The number of nitrogens with one attached hydrogen (secondary N) is 2. The lowest BCUT2D eigenvalue weighted by Gasteiger charge is -2.41. The van der Waals surface area contributed by atoms with Crippen molar-refractivity contribution in [3.63, 3.8) is 0 Å². The number of hydrazine groups is 1. The van der Waals surface area contributed by atoms with Gasteiger partial charge in [-0.15, -0.1) is 0 Å². The second-order valence-corrected chi connectivity index (χ2v) is 7.97. The normalized spacial score (nSPS) is 18.7. The molecule has 178 valence electrons. The second-order valence-electron chi connectivity index (χ2n) is 7.97. The van der Waals surface area contributed by atoms with Crippen molar-refractivity contribution in [2.75, 3.05) is 19.1 Å². The predicted molar refractivity (Wildman–Crippen MR) is 118 cm³/mol. The summed E-state index contributed by atoms with van der Waals surface area (Å²) in [6.45, 7) is 2.53. The van der Waals surface area contributed by atoms with Crippen LogP contribution in [0.3, 0.4) is 0 Å². The standard InChI is InChI=1S/C24H28F3N3O3/c1-3-4-14-30-21(31)13-12-19(22(30)18-10-5-6-11-20(18)33-2)23(32)29-28-17-9-7-8-16(15-17)24(25,26)27/h5-11,15,19,22,28H,3-4,12-14H2,1-2H3,(H,29,32)/t19-,22+/m1/s1. The summed E-state index contributed by atoms with van der Waals surface area (Å²) in [5, 5.41) is 0. The Labute approximate surface area is 191 Å². The van der Waals surface area contributed by atoms with Crippen LogP contribution in [0.2, 0.25) is 0 Å². The van der Waals surface area contributed by atoms with Crippen molar-refractivity contribution < 1.29 is 27.5 Å². The number of benzene rings is 2. The molecule has 1 aliphatic heterocycles. The van der Waals surface area contributed by atoms with E-state index in [1.165, 1.54) is 19.2 Å². The predicted octanol–water partition coefficient (Wildman–Crippen LogP) is 4.94. The van der Waals surface area contributed by atoms with Crippen molar-refractivity contribution >= 4 is 17.5 Å². The van der Waals surface area contributed by atoms with Gasteiger partial charge in [0.1, 0.15) is 5.75 Å². The third kappa shape index (κ3) is 5.77. The Morgan fingerprint density at radius 2 is 1.94 bits per heavy atom. The second kappa shape index (κ2) is 10.6. The number of ether oxygens (including phenoxy) is 1. The highest BCUT2D eigenvalue weighted by molar-refractivity contribution is 5.86. The van der Waals surface area contributed by atoms with Crippen molar-refractivity contribution in [2.45, 2.75) is 44.8 Å². The van der Waals surface area contributed by atoms with Gasteiger partial charge in [0, 0.05) is 18.5 Å². The summed E-state index contributed by atoms with van der Waals surface area (Å²) >= 11 is 0. The number of rotatable bonds is 8. The molecule has 1 heterocycles. The number of hydrogen-bond acceptors (Lipinski definition) is 4. The number of likely N-dealkylation sites (tertiary alicyclic amines) is 1. The van der Waals surface area contributed by atoms with E-state index >= 15 is 0 Å². The molecule has 0 unspecified atom stereocenters. The van der Waals surface area contributed by atoms with Crippen LogP contribution < -0.4 is 15.6 Å². The zero-order valence-electron chi connectivity index (χ0n) is 18.6. The number of halogens is 3. The number of unbranched alkanes of at least 4 members (excludes halogenated alkanes) is 1. The highest BCUT2D eigenvalue weighted by atomic mass is 19.4. The maximum Gasteiger partial charge on any atom is 0.416 e. The largest absolute Gasteiger partial charge is 0.496 e. The Balaban J connectivity index is 1.85. The molecule has 1 saturated heterocycles. The number of methoxy groups -OCH3 is 1. The first kappa shape index (κ1) is 24.4. The molecule has 2 amide bonds. The number of para-hydroxylation sites is 1. The molecule has 9 heteroatoms. The first-order valence-corrected chi connectivity index (χ1v) is 10.9. The molecule has 2 aromatic carbocycles. The Bertz CT molecular complexity index is 981. The first-order chi connectivity index (χ1) is 15.8. The zero-order valence-corrected chi connectivity index (χ0v) is 18.6. The third-order valence-corrected chi connectivity index (χ3v) is 5.77. The van der Waals surface area contributed by atoms with Crippen molar-refractivity contribution in [3.05, 3.63) is 59.7 Å². The lowest BCUT2D eigenvalue weighted by molar-refractivity contribution is -0.143. The third-order valence-electron chi connectivity index (χ3n) is 5.77. The molecule has 0 radical (unpaired) electrons. The summed E-state index contributed by atoms with van der Waals surface area (Å²) in [6, 6.07) is 11.3. The molecule has 2 atom stereocenters. The number of amides is 2. The zero-order chi connectivity index (χ0) is 24.0. The molecule has 0 aliphatic carbocycles. The Morgan fingerprint density at radius 3 is 2.64 bits per heavy atom. The fraction of sp³-hybridized carbons (Fsp3) is 0.417. The van der Waals surface area contributed by atoms with E-state index < -0.39 is 29.6 Å². The van der Waals surface area contributed by atoms with E-state index in [-0.39, 0.29) is 18.0 Å². The first-order valence-electron chi connectivity index (χ1n) is 10.9. The number of carbonyl (C=O) groups excluding carboxylic acids is 2. The molecule has 1 aliphatic rings. The molecule has 3 rings (SSSR count). The van der Waals surface area contributed by atoms with Crippen LogP contribution in [0.15, 0.2) is 48.5 Å². The number of alkyl halides is 3. The number of hydrogen-bond donors (Lipinski definition) is 2. The summed E-state index contributed by atoms with van der Waals surface area (Å²) in [7, 11) is 1.53. The molecule has 1 fully saturated rings. The highest BCUT2D eigenvalue weighted by Gasteiger charge is 2.41. The van der Waals surface area contributed by atoms with Crippen LogP contribution in [0, 0.1) is 5.92 Å². The van der Waals surface area contributed by atoms with Crippen molar-refractivity contribution in [1.29, 1.82) is 0 Å². The average molecular weight is 464 g/mol. The smallest absolute Gasteiger partial charge is 0.416 e. The lowest BCUT2D eigenvalue weighted by atomic mass is 9.83. The van der Waals surface area contributed by atoms with Crippen molar-refractivity contribution in [3.8, 4) is 5.75 Å². The maximum atomic E-state index is 13.2. The van der Waals surface area contributed by atoms with Gasteiger partial charge < -0.3 is 9.64 Å². The van der Waals surface area contributed by atoms with E-state index in [1.54, 1.807) is 11.0 Å². The van der Waals surface area contributed by atoms with Crippen LogP contribution in [0.4, 0.5) is 18.9 Å². The molecule has 0 aromatic heterocycles. The fourth-order valence-electron chi connectivity index (χ4n) is 4.11. The van der Waals surface area contributed by atoms with Gasteiger partial charge in [-0.1, -0.05) is 37.6 Å². The Morgan fingerprint density at radius 1 is 1.18 bits per heavy atom. The van der Waals surface area contributed by atoms with Gasteiger partial charge in [0.05, 0.1) is 30.3 Å². The van der Waals surface area contributed by atoms with Crippen molar-refractivity contribution in [2.24, 2.45) is 5.92 Å². The lowest BCUT2D eigenvalue weighted by Crippen LogP contribution is -2.49. The van der Waals surface area contributed by atoms with E-state index in [0.717, 1.165) is 30.5 Å². The Kier molecular flexibility index (Phi) is 7.84. The van der Waals surface area contributed by atoms with Gasteiger partial charge in [0.15, 0.2) is 0 Å². The summed E-state index contributed by atoms with van der Waals surface area (Å²) in [6.07, 6.45) is -2.28. The molecule has 0 bridgehead atoms. The SMILES string of the molecule is CCCCN1C(=O)CC[C@@H](C(=O)NNc2cccc(C(F)(F)F)c2)[C@@H]1c1ccccc1OC. The molecule has 6 nitrogen and oxygen atoms in total. The van der Waals surface area contributed by atoms with Gasteiger partial charge in [-0.3, -0.25) is 20.4 Å². The van der Waals surface area contributed by atoms with Gasteiger partial charge in [-0.2, -0.15) is 13.2 Å². The average Bonchev–Trinajstić information content (AvgIpc) is 2.81. The number of nitrogens with zero attached hydrogens (tertiary/aromatic N) is 1. The fourth-order valence-corrected chi connectivity index (χ4v) is 4.11. The molecule has 0 spiro atoms. The summed E-state index contributed by atoms with van der Waals surface area (Å²) in [5.41, 5.74) is 5.15. The molecule has 0 saturated carbocycles. The summed E-state index contributed by atoms with van der Waals surface area (Å²) in [5.74, 6) is -0.469. The number of anilines is 1. The molecular formula is C24H28F3N3O3. The summed E-state index contributed by atoms with van der Waals surface area (Å²) in [4.78, 5) is 27.7. The van der Waals surface area contributed by atoms with Crippen LogP contribution in [0.25, 0.3) is 0 Å². The van der Waals surface area contributed by atoms with Crippen LogP contribution >= 0.6 is 0 Å². The van der Waals surface area contributed by atoms with Gasteiger partial charge in [0.2, 0.25) is 11.8 Å². The van der Waals surface area contributed by atoms with Gasteiger partial charge in [-0.25, -0.2) is 0 Å². The van der Waals surface area contributed by atoms with Crippen LogP contribution in [0.5, 0.6) is 5.75 Å². The minimum absolute atomic E-state index is 0.0331. The quantitative estimate of drug-likeness (QED) is 0.545. The van der Waals surface area contributed by atoms with E-state index in [1.807, 2.05) is 25.1 Å². The van der Waals surface area contributed by atoms with Gasteiger partial charge in [-0.05, 0) is 37.1 Å². The highest BCUT2D eigenvalue weighted by Crippen LogP contribution is 2.41. The molecular weight excluding hydrogens is 435 g/mol. The molecule has 2 aromatic rings. The maximum absolute atomic E-state index is 13.2. The van der Waals surface area contributed by atoms with E-state index in [0.29, 0.717) is 18.7 Å².